The van der Waals surface area contributed by atoms with Gasteiger partial charge in [0.2, 0.25) is 0 Å². The van der Waals surface area contributed by atoms with Crippen LogP contribution >= 0.6 is 11.8 Å². The zero-order valence-corrected chi connectivity index (χ0v) is 12.8. The van der Waals surface area contributed by atoms with Gasteiger partial charge in [-0.3, -0.25) is 0 Å². The Balaban J connectivity index is 1.84. The van der Waals surface area contributed by atoms with E-state index in [1.165, 1.54) is 18.4 Å². The second-order valence-electron chi connectivity index (χ2n) is 5.05. The van der Waals surface area contributed by atoms with Gasteiger partial charge in [-0.2, -0.15) is 0 Å². The Bertz CT molecular complexity index is 521. The van der Waals surface area contributed by atoms with E-state index >= 15 is 0 Å². The minimum atomic E-state index is 0.582. The predicted molar refractivity (Wildman–Crippen MR) is 83.9 cm³/mol. The molecule has 1 heterocycles. The lowest BCUT2D eigenvalue weighted by atomic mass is 10.2. The molecular weight excluding hydrogens is 254 g/mol. The van der Waals surface area contributed by atoms with E-state index in [4.69, 9.17) is 0 Å². The number of aromatic amines is 1. The van der Waals surface area contributed by atoms with Crippen molar-refractivity contribution in [1.82, 2.24) is 15.3 Å². The summed E-state index contributed by atoms with van der Waals surface area (Å²) < 4.78 is 0. The van der Waals surface area contributed by atoms with Crippen LogP contribution < -0.4 is 5.32 Å². The van der Waals surface area contributed by atoms with Crippen molar-refractivity contribution in [3.63, 3.8) is 0 Å². The summed E-state index contributed by atoms with van der Waals surface area (Å²) in [6.45, 7) is 7.66. The average molecular weight is 277 g/mol. The summed E-state index contributed by atoms with van der Waals surface area (Å²) in [5, 5.41) is 4.54. The first kappa shape index (κ1) is 14.4. The van der Waals surface area contributed by atoms with Crippen molar-refractivity contribution in [2.24, 2.45) is 0 Å². The number of aryl methyl sites for hydroxylation is 1. The summed E-state index contributed by atoms with van der Waals surface area (Å²) >= 11 is 1.81. The van der Waals surface area contributed by atoms with Crippen LogP contribution in [0.3, 0.4) is 0 Å². The van der Waals surface area contributed by atoms with Gasteiger partial charge in [-0.1, -0.05) is 24.8 Å². The molecule has 0 aliphatic heterocycles. The normalized spacial score (nSPS) is 13.0. The van der Waals surface area contributed by atoms with Crippen molar-refractivity contribution in [2.75, 3.05) is 12.3 Å². The van der Waals surface area contributed by atoms with Crippen molar-refractivity contribution in [2.45, 2.75) is 44.8 Å². The van der Waals surface area contributed by atoms with Gasteiger partial charge in [0.15, 0.2) is 5.16 Å². The molecule has 0 aliphatic rings. The number of nitrogens with zero attached hydrogens (tertiary/aromatic N) is 1. The van der Waals surface area contributed by atoms with Crippen LogP contribution in [-0.4, -0.2) is 28.3 Å². The van der Waals surface area contributed by atoms with Crippen LogP contribution in [0, 0.1) is 6.92 Å². The number of imidazole rings is 1. The number of benzene rings is 1. The molecule has 2 aromatic rings. The Morgan fingerprint density at radius 3 is 3.05 bits per heavy atom. The van der Waals surface area contributed by atoms with Gasteiger partial charge in [-0.15, -0.1) is 0 Å². The lowest BCUT2D eigenvalue weighted by Crippen LogP contribution is -2.27. The molecule has 1 atom stereocenters. The van der Waals surface area contributed by atoms with Gasteiger partial charge in [-0.05, 0) is 50.9 Å². The van der Waals surface area contributed by atoms with Crippen LogP contribution in [-0.2, 0) is 0 Å². The van der Waals surface area contributed by atoms with Gasteiger partial charge < -0.3 is 10.3 Å². The zero-order chi connectivity index (χ0) is 13.7. The minimum Gasteiger partial charge on any atom is -0.333 e. The summed E-state index contributed by atoms with van der Waals surface area (Å²) in [6, 6.07) is 6.92. The van der Waals surface area contributed by atoms with Gasteiger partial charge in [0.25, 0.3) is 0 Å². The molecule has 2 N–H and O–H groups in total. The van der Waals surface area contributed by atoms with E-state index in [1.807, 2.05) is 11.8 Å². The highest BCUT2D eigenvalue weighted by Crippen LogP contribution is 2.21. The Morgan fingerprint density at radius 1 is 1.42 bits per heavy atom. The second kappa shape index (κ2) is 6.96. The molecule has 0 saturated carbocycles. The molecule has 0 saturated heterocycles. The van der Waals surface area contributed by atoms with Crippen LogP contribution in [0.1, 0.15) is 32.3 Å². The fourth-order valence-electron chi connectivity index (χ4n) is 1.99. The molecule has 0 radical (unpaired) electrons. The molecule has 1 unspecified atom stereocenters. The number of hydrogen-bond donors (Lipinski definition) is 2. The molecule has 104 valence electrons. The van der Waals surface area contributed by atoms with Crippen molar-refractivity contribution in [3.8, 4) is 0 Å². The first-order chi connectivity index (χ1) is 9.19. The van der Waals surface area contributed by atoms with Crippen molar-refractivity contribution in [1.29, 1.82) is 0 Å². The van der Waals surface area contributed by atoms with Crippen LogP contribution in [0.2, 0.25) is 0 Å². The van der Waals surface area contributed by atoms with Gasteiger partial charge in [0.1, 0.15) is 0 Å². The molecule has 0 aliphatic carbocycles. The summed E-state index contributed by atoms with van der Waals surface area (Å²) in [6.07, 6.45) is 2.36. The van der Waals surface area contributed by atoms with E-state index in [0.29, 0.717) is 6.04 Å². The lowest BCUT2D eigenvalue weighted by Gasteiger charge is -2.11. The molecule has 4 heteroatoms. The summed E-state index contributed by atoms with van der Waals surface area (Å²) in [4.78, 5) is 7.98. The highest BCUT2D eigenvalue weighted by molar-refractivity contribution is 7.99. The average Bonchev–Trinajstić information content (AvgIpc) is 2.78. The van der Waals surface area contributed by atoms with Gasteiger partial charge in [0, 0.05) is 11.8 Å². The van der Waals surface area contributed by atoms with E-state index in [2.05, 4.69) is 54.3 Å². The molecule has 0 spiro atoms. The standard InChI is InChI=1S/C15H23N3S/c1-4-8-16-12(3)7-9-19-15-17-13-6-5-11(2)10-14(13)18-15/h5-6,10,12,16H,4,7-9H2,1-3H3,(H,17,18). The van der Waals surface area contributed by atoms with Crippen LogP contribution in [0.25, 0.3) is 11.0 Å². The second-order valence-corrected chi connectivity index (χ2v) is 6.14. The monoisotopic (exact) mass is 277 g/mol. The third-order valence-corrected chi connectivity index (χ3v) is 4.05. The number of fused-ring (bicyclic) bond motifs is 1. The van der Waals surface area contributed by atoms with Crippen molar-refractivity contribution in [3.05, 3.63) is 23.8 Å². The Kier molecular flexibility index (Phi) is 5.28. The fourth-order valence-corrected chi connectivity index (χ4v) is 3.00. The molecule has 3 nitrogen and oxygen atoms in total. The molecule has 0 fully saturated rings. The maximum Gasteiger partial charge on any atom is 0.166 e. The molecule has 0 amide bonds. The first-order valence-corrected chi connectivity index (χ1v) is 8.00. The lowest BCUT2D eigenvalue weighted by molar-refractivity contribution is 0.536. The van der Waals surface area contributed by atoms with Gasteiger partial charge in [0.05, 0.1) is 11.0 Å². The van der Waals surface area contributed by atoms with E-state index in [-0.39, 0.29) is 0 Å². The van der Waals surface area contributed by atoms with Crippen molar-refractivity contribution < 1.29 is 0 Å². The molecule has 19 heavy (non-hydrogen) atoms. The number of nitrogens with one attached hydrogen (secondary N) is 2. The third-order valence-electron chi connectivity index (χ3n) is 3.15. The SMILES string of the molecule is CCCNC(C)CCSc1nc2ccc(C)cc2[nH]1. The molecule has 2 rings (SSSR count). The number of aromatic nitrogens is 2. The zero-order valence-electron chi connectivity index (χ0n) is 12.0. The van der Waals surface area contributed by atoms with E-state index in [9.17, 15) is 0 Å². The van der Waals surface area contributed by atoms with Crippen LogP contribution in [0.15, 0.2) is 23.4 Å². The highest BCUT2D eigenvalue weighted by atomic mass is 32.2. The summed E-state index contributed by atoms with van der Waals surface area (Å²) in [7, 11) is 0. The summed E-state index contributed by atoms with van der Waals surface area (Å²) in [5.41, 5.74) is 3.47. The highest BCUT2D eigenvalue weighted by Gasteiger charge is 2.05. The topological polar surface area (TPSA) is 40.7 Å². The quantitative estimate of drug-likeness (QED) is 0.757. The third kappa shape index (κ3) is 4.25. The number of H-pyrrole nitrogens is 1. The smallest absolute Gasteiger partial charge is 0.166 e. The van der Waals surface area contributed by atoms with Crippen LogP contribution in [0.5, 0.6) is 0 Å². The maximum atomic E-state index is 4.60. The summed E-state index contributed by atoms with van der Waals surface area (Å²) in [5.74, 6) is 1.09. The maximum absolute atomic E-state index is 4.60. The molecular formula is C15H23N3S. The van der Waals surface area contributed by atoms with E-state index in [1.54, 1.807) is 0 Å². The van der Waals surface area contributed by atoms with Gasteiger partial charge >= 0.3 is 0 Å². The van der Waals surface area contributed by atoms with E-state index < -0.39 is 0 Å². The fraction of sp³-hybridized carbons (Fsp3) is 0.533. The van der Waals surface area contributed by atoms with E-state index in [0.717, 1.165) is 28.5 Å². The van der Waals surface area contributed by atoms with Crippen molar-refractivity contribution >= 4 is 22.8 Å². The minimum absolute atomic E-state index is 0.582. The Morgan fingerprint density at radius 2 is 2.26 bits per heavy atom. The number of thioether (sulfide) groups is 1. The van der Waals surface area contributed by atoms with Gasteiger partial charge in [-0.25, -0.2) is 4.98 Å². The Hall–Kier alpha value is -1.00. The Labute approximate surface area is 119 Å². The largest absolute Gasteiger partial charge is 0.333 e. The number of rotatable bonds is 7. The van der Waals surface area contributed by atoms with Crippen LogP contribution in [0.4, 0.5) is 0 Å². The molecule has 0 bridgehead atoms. The first-order valence-electron chi connectivity index (χ1n) is 7.01. The number of hydrogen-bond acceptors (Lipinski definition) is 3. The molecule has 1 aromatic carbocycles. The predicted octanol–water partition coefficient (Wildman–Crippen LogP) is 3.74. The molecule has 1 aromatic heterocycles.